The van der Waals surface area contributed by atoms with Crippen LogP contribution in [-0.2, 0) is 17.9 Å². The smallest absolute Gasteiger partial charge is 0.273 e. The van der Waals surface area contributed by atoms with Crippen molar-refractivity contribution in [2.24, 2.45) is 0 Å². The molecule has 33 heavy (non-hydrogen) atoms. The number of carbonyl (C=O) groups excluding carboxylic acids is 3. The molecule has 1 aromatic heterocycles. The lowest BCUT2D eigenvalue weighted by Crippen LogP contribution is -2.65. The molecule has 1 aliphatic heterocycles. The molecule has 1 fully saturated rings. The summed E-state index contributed by atoms with van der Waals surface area (Å²) in [5.74, 6) is -0.862. The number of fused-ring (bicyclic) bond motifs is 1. The molecule has 0 unspecified atom stereocenters. The minimum atomic E-state index is -1.03. The minimum Gasteiger partial charge on any atom is -0.351 e. The second-order valence-corrected chi connectivity index (χ2v) is 9.42. The van der Waals surface area contributed by atoms with Crippen molar-refractivity contribution >= 4 is 17.7 Å². The molecule has 4 rings (SSSR count). The summed E-state index contributed by atoms with van der Waals surface area (Å²) >= 11 is 0. The number of aromatic nitrogens is 2. The largest absolute Gasteiger partial charge is 0.351 e. The Morgan fingerprint density at radius 3 is 2.55 bits per heavy atom. The first kappa shape index (κ1) is 23.0. The highest BCUT2D eigenvalue weighted by Gasteiger charge is 2.48. The molecule has 0 saturated heterocycles. The molecule has 176 valence electrons. The number of nitrogens with zero attached hydrogens (tertiary/aromatic N) is 3. The molecule has 1 aromatic carbocycles. The van der Waals surface area contributed by atoms with Crippen LogP contribution < -0.4 is 10.6 Å². The highest BCUT2D eigenvalue weighted by atomic mass is 16.2. The lowest BCUT2D eigenvalue weighted by molar-refractivity contribution is -0.133. The molecule has 8 nitrogen and oxygen atoms in total. The minimum absolute atomic E-state index is 0.103. The van der Waals surface area contributed by atoms with Gasteiger partial charge in [-0.15, -0.1) is 0 Å². The Labute approximate surface area is 194 Å². The first-order valence-electron chi connectivity index (χ1n) is 11.8. The SMILES string of the molecule is CCCN1C(=O)c2c(C(=O)NCc3ccc(C)cc3)ncn2C[C@@]1(C)C(=O)NC1CCCC1. The van der Waals surface area contributed by atoms with Gasteiger partial charge in [-0.3, -0.25) is 14.4 Å². The van der Waals surface area contributed by atoms with E-state index in [0.29, 0.717) is 19.5 Å². The van der Waals surface area contributed by atoms with Crippen LogP contribution >= 0.6 is 0 Å². The van der Waals surface area contributed by atoms with E-state index in [-0.39, 0.29) is 35.8 Å². The molecule has 2 aromatic rings. The summed E-state index contributed by atoms with van der Waals surface area (Å²) in [6.45, 7) is 6.84. The van der Waals surface area contributed by atoms with E-state index in [2.05, 4.69) is 15.6 Å². The van der Waals surface area contributed by atoms with Gasteiger partial charge < -0.3 is 20.1 Å². The molecule has 0 spiro atoms. The number of hydrogen-bond acceptors (Lipinski definition) is 4. The fourth-order valence-corrected chi connectivity index (χ4v) is 4.81. The van der Waals surface area contributed by atoms with Crippen LogP contribution in [-0.4, -0.2) is 50.3 Å². The zero-order chi connectivity index (χ0) is 23.6. The Morgan fingerprint density at radius 1 is 1.18 bits per heavy atom. The number of nitrogens with one attached hydrogen (secondary N) is 2. The molecule has 0 bridgehead atoms. The van der Waals surface area contributed by atoms with Gasteiger partial charge in [-0.25, -0.2) is 4.98 Å². The topological polar surface area (TPSA) is 96.3 Å². The molecular weight excluding hydrogens is 418 g/mol. The Kier molecular flexibility index (Phi) is 6.54. The standard InChI is InChI=1S/C25H33N5O3/c1-4-13-30-23(32)21-20(22(31)26-14-18-11-9-17(2)10-12-18)27-16-29(21)15-25(30,3)24(33)28-19-7-5-6-8-19/h9-12,16,19H,4-8,13-15H2,1-3H3,(H,26,31)(H,28,33)/t25-/m0/s1. The van der Waals surface area contributed by atoms with Crippen LogP contribution in [0.2, 0.25) is 0 Å². The number of imidazole rings is 1. The number of rotatable bonds is 7. The summed E-state index contributed by atoms with van der Waals surface area (Å²) in [6, 6.07) is 8.06. The van der Waals surface area contributed by atoms with Crippen molar-refractivity contribution in [2.45, 2.75) is 77.5 Å². The summed E-state index contributed by atoms with van der Waals surface area (Å²) < 4.78 is 1.66. The lowest BCUT2D eigenvalue weighted by atomic mass is 9.93. The molecule has 2 aliphatic rings. The molecule has 3 amide bonds. The summed E-state index contributed by atoms with van der Waals surface area (Å²) in [6.07, 6.45) is 6.40. The maximum Gasteiger partial charge on any atom is 0.273 e. The zero-order valence-electron chi connectivity index (χ0n) is 19.7. The number of benzene rings is 1. The van der Waals surface area contributed by atoms with Gasteiger partial charge in [0, 0.05) is 19.1 Å². The average molecular weight is 452 g/mol. The second-order valence-electron chi connectivity index (χ2n) is 9.42. The third-order valence-electron chi connectivity index (χ3n) is 6.77. The van der Waals surface area contributed by atoms with E-state index in [1.165, 1.54) is 6.33 Å². The maximum atomic E-state index is 13.6. The quantitative estimate of drug-likeness (QED) is 0.677. The zero-order valence-corrected chi connectivity index (χ0v) is 19.7. The van der Waals surface area contributed by atoms with Gasteiger partial charge in [-0.05, 0) is 38.7 Å². The third-order valence-corrected chi connectivity index (χ3v) is 6.77. The number of amides is 3. The van der Waals surface area contributed by atoms with Crippen molar-refractivity contribution < 1.29 is 14.4 Å². The van der Waals surface area contributed by atoms with Crippen LogP contribution in [0.25, 0.3) is 0 Å². The maximum absolute atomic E-state index is 13.6. The van der Waals surface area contributed by atoms with E-state index >= 15 is 0 Å². The molecule has 1 aliphatic carbocycles. The number of hydrogen-bond donors (Lipinski definition) is 2. The lowest BCUT2D eigenvalue weighted by Gasteiger charge is -2.44. The van der Waals surface area contributed by atoms with Crippen molar-refractivity contribution in [3.05, 3.63) is 53.1 Å². The molecule has 8 heteroatoms. The van der Waals surface area contributed by atoms with Crippen LogP contribution in [0.5, 0.6) is 0 Å². The van der Waals surface area contributed by atoms with Crippen LogP contribution in [0.15, 0.2) is 30.6 Å². The molecule has 2 N–H and O–H groups in total. The van der Waals surface area contributed by atoms with E-state index in [4.69, 9.17) is 0 Å². The van der Waals surface area contributed by atoms with Crippen LogP contribution in [0.3, 0.4) is 0 Å². The second kappa shape index (κ2) is 9.37. The number of aryl methyl sites for hydroxylation is 1. The molecular formula is C25H33N5O3. The van der Waals surface area contributed by atoms with Crippen molar-refractivity contribution in [3.63, 3.8) is 0 Å². The van der Waals surface area contributed by atoms with E-state index in [9.17, 15) is 14.4 Å². The highest BCUT2D eigenvalue weighted by Crippen LogP contribution is 2.30. The van der Waals surface area contributed by atoms with Gasteiger partial charge >= 0.3 is 0 Å². The van der Waals surface area contributed by atoms with Gasteiger partial charge in [0.2, 0.25) is 5.91 Å². The first-order valence-corrected chi connectivity index (χ1v) is 11.8. The molecule has 1 atom stereocenters. The monoisotopic (exact) mass is 451 g/mol. The summed E-state index contributed by atoms with van der Waals surface area (Å²) in [7, 11) is 0. The summed E-state index contributed by atoms with van der Waals surface area (Å²) in [4.78, 5) is 45.7. The van der Waals surface area contributed by atoms with E-state index in [0.717, 1.165) is 36.8 Å². The van der Waals surface area contributed by atoms with Crippen molar-refractivity contribution in [1.29, 1.82) is 0 Å². The Morgan fingerprint density at radius 2 is 1.88 bits per heavy atom. The van der Waals surface area contributed by atoms with Crippen molar-refractivity contribution in [1.82, 2.24) is 25.1 Å². The third kappa shape index (κ3) is 4.51. The Balaban J connectivity index is 1.55. The van der Waals surface area contributed by atoms with Crippen molar-refractivity contribution in [3.8, 4) is 0 Å². The predicted octanol–water partition coefficient (Wildman–Crippen LogP) is 2.80. The van der Waals surface area contributed by atoms with Gasteiger partial charge in [0.05, 0.1) is 12.9 Å². The van der Waals surface area contributed by atoms with Crippen LogP contribution in [0.4, 0.5) is 0 Å². The molecule has 0 radical (unpaired) electrons. The van der Waals surface area contributed by atoms with Gasteiger partial charge in [-0.1, -0.05) is 49.6 Å². The Hall–Kier alpha value is -3.16. The highest BCUT2D eigenvalue weighted by molar-refractivity contribution is 6.07. The van der Waals surface area contributed by atoms with Gasteiger partial charge in [-0.2, -0.15) is 0 Å². The fourth-order valence-electron chi connectivity index (χ4n) is 4.81. The van der Waals surface area contributed by atoms with E-state index < -0.39 is 11.4 Å². The predicted molar refractivity (Wildman–Crippen MR) is 125 cm³/mol. The van der Waals surface area contributed by atoms with Crippen LogP contribution in [0, 0.1) is 6.92 Å². The van der Waals surface area contributed by atoms with E-state index in [1.807, 2.05) is 45.0 Å². The number of carbonyl (C=O) groups is 3. The van der Waals surface area contributed by atoms with Crippen LogP contribution in [0.1, 0.15) is 78.1 Å². The summed E-state index contributed by atoms with van der Waals surface area (Å²) in [5.41, 5.74) is 1.44. The first-order chi connectivity index (χ1) is 15.8. The fraction of sp³-hybridized carbons (Fsp3) is 0.520. The van der Waals surface area contributed by atoms with Gasteiger partial charge in [0.25, 0.3) is 11.8 Å². The normalized spacial score (nSPS) is 20.6. The molecule has 2 heterocycles. The van der Waals surface area contributed by atoms with Gasteiger partial charge in [0.1, 0.15) is 11.2 Å². The summed E-state index contributed by atoms with van der Waals surface area (Å²) in [5, 5.41) is 6.02. The van der Waals surface area contributed by atoms with Crippen molar-refractivity contribution in [2.75, 3.05) is 6.54 Å². The molecule has 1 saturated carbocycles. The van der Waals surface area contributed by atoms with Gasteiger partial charge in [0.15, 0.2) is 5.69 Å². The van der Waals surface area contributed by atoms with E-state index in [1.54, 1.807) is 9.47 Å². The Bertz CT molecular complexity index is 1040. The average Bonchev–Trinajstić information content (AvgIpc) is 3.46.